The fraction of sp³-hybridized carbons (Fsp3) is 0.176. The quantitative estimate of drug-likeness (QED) is 0.771. The highest BCUT2D eigenvalue weighted by molar-refractivity contribution is 5.91. The molecule has 0 atom stereocenters. The van der Waals surface area contributed by atoms with Crippen molar-refractivity contribution in [3.05, 3.63) is 58.8 Å². The summed E-state index contributed by atoms with van der Waals surface area (Å²) in [6, 6.07) is 11.3. The number of nitrogens with zero attached hydrogens (tertiary/aromatic N) is 2. The van der Waals surface area contributed by atoms with Crippen molar-refractivity contribution in [1.29, 1.82) is 0 Å². The average molecular weight is 328 g/mol. The first-order valence-corrected chi connectivity index (χ1v) is 7.39. The third-order valence-electron chi connectivity index (χ3n) is 3.71. The van der Waals surface area contributed by atoms with Gasteiger partial charge in [0.15, 0.2) is 0 Å². The van der Waals surface area contributed by atoms with E-state index in [1.807, 2.05) is 31.1 Å². The van der Waals surface area contributed by atoms with Gasteiger partial charge in [0.2, 0.25) is 5.91 Å². The Kier molecular flexibility index (Phi) is 4.07. The molecule has 2 aromatic carbocycles. The van der Waals surface area contributed by atoms with E-state index in [1.165, 1.54) is 22.8 Å². The van der Waals surface area contributed by atoms with E-state index in [1.54, 1.807) is 12.1 Å². The van der Waals surface area contributed by atoms with Crippen molar-refractivity contribution < 1.29 is 9.18 Å². The molecule has 1 heterocycles. The van der Waals surface area contributed by atoms with E-state index in [0.717, 1.165) is 5.69 Å². The van der Waals surface area contributed by atoms with E-state index in [-0.39, 0.29) is 12.5 Å². The van der Waals surface area contributed by atoms with Crippen LogP contribution in [0.5, 0.6) is 0 Å². The number of hydrogen-bond acceptors (Lipinski definition) is 3. The van der Waals surface area contributed by atoms with Crippen molar-refractivity contribution in [3.8, 4) is 0 Å². The first-order valence-electron chi connectivity index (χ1n) is 7.39. The molecule has 3 aromatic rings. The van der Waals surface area contributed by atoms with Crippen LogP contribution in [0.4, 0.5) is 15.8 Å². The van der Waals surface area contributed by atoms with Crippen molar-refractivity contribution in [2.45, 2.75) is 6.54 Å². The summed E-state index contributed by atoms with van der Waals surface area (Å²) in [7, 11) is 3.86. The number of halogens is 1. The molecule has 7 heteroatoms. The molecule has 0 unspecified atom stereocenters. The highest BCUT2D eigenvalue weighted by Crippen LogP contribution is 2.16. The van der Waals surface area contributed by atoms with Crippen LogP contribution < -0.4 is 15.9 Å². The lowest BCUT2D eigenvalue weighted by molar-refractivity contribution is -0.116. The summed E-state index contributed by atoms with van der Waals surface area (Å²) in [4.78, 5) is 28.6. The molecule has 0 aliphatic carbocycles. The van der Waals surface area contributed by atoms with E-state index in [4.69, 9.17) is 0 Å². The minimum absolute atomic E-state index is 0.153. The Labute approximate surface area is 137 Å². The number of anilines is 2. The Morgan fingerprint density at radius 3 is 2.58 bits per heavy atom. The molecule has 0 aliphatic heterocycles. The molecule has 0 radical (unpaired) electrons. The summed E-state index contributed by atoms with van der Waals surface area (Å²) in [5, 5.41) is 2.74. The summed E-state index contributed by atoms with van der Waals surface area (Å²) in [5.74, 6) is -0.777. The number of carbonyl (C=O) groups is 1. The number of carbonyl (C=O) groups excluding carboxylic acids is 1. The molecule has 1 amide bonds. The number of aromatic nitrogens is 2. The normalized spacial score (nSPS) is 10.8. The van der Waals surface area contributed by atoms with Gasteiger partial charge >= 0.3 is 5.69 Å². The van der Waals surface area contributed by atoms with Crippen LogP contribution >= 0.6 is 0 Å². The Balaban J connectivity index is 1.78. The second-order valence-electron chi connectivity index (χ2n) is 5.67. The molecular formula is C17H17FN4O2. The van der Waals surface area contributed by atoms with Gasteiger partial charge in [-0.25, -0.2) is 9.18 Å². The fourth-order valence-electron chi connectivity index (χ4n) is 2.48. The van der Waals surface area contributed by atoms with E-state index in [2.05, 4.69) is 10.3 Å². The molecule has 6 nitrogen and oxygen atoms in total. The first kappa shape index (κ1) is 15.8. The van der Waals surface area contributed by atoms with Crippen LogP contribution in [0.15, 0.2) is 47.3 Å². The molecule has 124 valence electrons. The smallest absolute Gasteiger partial charge is 0.326 e. The Morgan fingerprint density at radius 1 is 1.21 bits per heavy atom. The topological polar surface area (TPSA) is 70.1 Å². The Bertz CT molecular complexity index is 941. The zero-order valence-corrected chi connectivity index (χ0v) is 13.3. The van der Waals surface area contributed by atoms with Gasteiger partial charge in [-0.2, -0.15) is 0 Å². The summed E-state index contributed by atoms with van der Waals surface area (Å²) < 4.78 is 14.5. The molecule has 0 saturated heterocycles. The number of amides is 1. The van der Waals surface area contributed by atoms with Crippen LogP contribution in [-0.2, 0) is 11.3 Å². The SMILES string of the molecule is CN(C)c1ccc(NC(=O)Cn2c(=O)[nH]c3cc(F)ccc32)cc1. The molecule has 0 spiro atoms. The summed E-state index contributed by atoms with van der Waals surface area (Å²) >= 11 is 0. The van der Waals surface area contributed by atoms with E-state index >= 15 is 0 Å². The molecule has 3 rings (SSSR count). The molecule has 2 N–H and O–H groups in total. The second kappa shape index (κ2) is 6.19. The molecule has 0 fully saturated rings. The molecule has 1 aromatic heterocycles. The van der Waals surface area contributed by atoms with Gasteiger partial charge in [0, 0.05) is 25.5 Å². The monoisotopic (exact) mass is 328 g/mol. The standard InChI is InChI=1S/C17H17FN4O2/c1-21(2)13-6-4-12(5-7-13)19-16(23)10-22-15-8-3-11(18)9-14(15)20-17(22)24/h3-9H,10H2,1-2H3,(H,19,23)(H,20,24). The van der Waals surface area contributed by atoms with Crippen molar-refractivity contribution in [2.24, 2.45) is 0 Å². The lowest BCUT2D eigenvalue weighted by atomic mass is 10.2. The van der Waals surface area contributed by atoms with Crippen LogP contribution in [0.25, 0.3) is 11.0 Å². The number of benzene rings is 2. The summed E-state index contributed by atoms with van der Waals surface area (Å²) in [5.41, 5.74) is 2.06. The van der Waals surface area contributed by atoms with Gasteiger partial charge in [-0.05, 0) is 42.5 Å². The Hall–Kier alpha value is -3.09. The zero-order valence-electron chi connectivity index (χ0n) is 13.3. The zero-order chi connectivity index (χ0) is 17.3. The van der Waals surface area contributed by atoms with Gasteiger partial charge in [0.25, 0.3) is 0 Å². The maximum absolute atomic E-state index is 13.2. The van der Waals surface area contributed by atoms with Crippen molar-refractivity contribution >= 4 is 28.3 Å². The van der Waals surface area contributed by atoms with Gasteiger partial charge in [-0.15, -0.1) is 0 Å². The fourth-order valence-corrected chi connectivity index (χ4v) is 2.48. The van der Waals surface area contributed by atoms with Crippen LogP contribution in [0.3, 0.4) is 0 Å². The lowest BCUT2D eigenvalue weighted by Gasteiger charge is -2.13. The van der Waals surface area contributed by atoms with Crippen LogP contribution in [0.1, 0.15) is 0 Å². The van der Waals surface area contributed by atoms with Gasteiger partial charge in [-0.3, -0.25) is 9.36 Å². The maximum atomic E-state index is 13.2. The maximum Gasteiger partial charge on any atom is 0.326 e. The number of fused-ring (bicyclic) bond motifs is 1. The number of hydrogen-bond donors (Lipinski definition) is 2. The van der Waals surface area contributed by atoms with E-state index in [9.17, 15) is 14.0 Å². The third kappa shape index (κ3) is 3.15. The summed E-state index contributed by atoms with van der Waals surface area (Å²) in [6.45, 7) is -0.153. The number of imidazole rings is 1. The van der Waals surface area contributed by atoms with Gasteiger partial charge in [-0.1, -0.05) is 0 Å². The third-order valence-corrected chi connectivity index (χ3v) is 3.71. The minimum Gasteiger partial charge on any atom is -0.378 e. The van der Waals surface area contributed by atoms with Crippen molar-refractivity contribution in [2.75, 3.05) is 24.3 Å². The van der Waals surface area contributed by atoms with Crippen LogP contribution in [0.2, 0.25) is 0 Å². The average Bonchev–Trinajstić information content (AvgIpc) is 2.82. The van der Waals surface area contributed by atoms with Gasteiger partial charge in [0.1, 0.15) is 12.4 Å². The highest BCUT2D eigenvalue weighted by Gasteiger charge is 2.11. The number of rotatable bonds is 4. The highest BCUT2D eigenvalue weighted by atomic mass is 19.1. The Morgan fingerprint density at radius 2 is 1.92 bits per heavy atom. The predicted molar refractivity (Wildman–Crippen MR) is 91.9 cm³/mol. The van der Waals surface area contributed by atoms with E-state index in [0.29, 0.717) is 16.7 Å². The van der Waals surface area contributed by atoms with Crippen molar-refractivity contribution in [3.63, 3.8) is 0 Å². The van der Waals surface area contributed by atoms with Gasteiger partial charge < -0.3 is 15.2 Å². The molecule has 0 aliphatic rings. The molecule has 0 bridgehead atoms. The predicted octanol–water partition coefficient (Wildman–Crippen LogP) is 2.17. The van der Waals surface area contributed by atoms with Gasteiger partial charge in [0.05, 0.1) is 11.0 Å². The molecular weight excluding hydrogens is 311 g/mol. The van der Waals surface area contributed by atoms with Crippen LogP contribution in [-0.4, -0.2) is 29.6 Å². The lowest BCUT2D eigenvalue weighted by Crippen LogP contribution is -2.25. The molecule has 24 heavy (non-hydrogen) atoms. The number of nitrogens with one attached hydrogen (secondary N) is 2. The number of H-pyrrole nitrogens is 1. The second-order valence-corrected chi connectivity index (χ2v) is 5.67. The van der Waals surface area contributed by atoms with Crippen molar-refractivity contribution in [1.82, 2.24) is 9.55 Å². The minimum atomic E-state index is -0.450. The first-order chi connectivity index (χ1) is 11.4. The molecule has 0 saturated carbocycles. The van der Waals surface area contributed by atoms with E-state index < -0.39 is 11.5 Å². The summed E-state index contributed by atoms with van der Waals surface area (Å²) in [6.07, 6.45) is 0. The number of aromatic amines is 1. The van der Waals surface area contributed by atoms with Crippen LogP contribution in [0, 0.1) is 5.82 Å². The largest absolute Gasteiger partial charge is 0.378 e.